The van der Waals surface area contributed by atoms with E-state index in [4.69, 9.17) is 11.5 Å². The molecular formula is C15H14N2O2S. The van der Waals surface area contributed by atoms with E-state index in [2.05, 4.69) is 0 Å². The molecule has 1 aliphatic rings. The van der Waals surface area contributed by atoms with Crippen LogP contribution in [0.3, 0.4) is 0 Å². The van der Waals surface area contributed by atoms with Gasteiger partial charge in [0.25, 0.3) is 5.91 Å². The summed E-state index contributed by atoms with van der Waals surface area (Å²) in [5.74, 6) is -0.657. The number of amides is 1. The third kappa shape index (κ3) is 1.91. The Kier molecular flexibility index (Phi) is 3.06. The van der Waals surface area contributed by atoms with E-state index in [0.717, 1.165) is 11.1 Å². The minimum Gasteiger partial charge on any atom is -0.390 e. The van der Waals surface area contributed by atoms with Crippen LogP contribution in [-0.2, 0) is 6.42 Å². The number of fused-ring (bicyclic) bond motifs is 1. The maximum Gasteiger partial charge on any atom is 0.251 e. The van der Waals surface area contributed by atoms with Gasteiger partial charge in [-0.05, 0) is 24.0 Å². The summed E-state index contributed by atoms with van der Waals surface area (Å²) in [6.45, 7) is 0. The van der Waals surface area contributed by atoms with Gasteiger partial charge in [0.15, 0.2) is 5.78 Å². The Hall–Kier alpha value is -2.14. The SMILES string of the molecule is NC(=O)c1c(N)sc2c1CC[C@H](c1ccccc1)C2=O. The number of carbonyl (C=O) groups is 2. The summed E-state index contributed by atoms with van der Waals surface area (Å²) >= 11 is 1.18. The lowest BCUT2D eigenvalue weighted by Crippen LogP contribution is -2.22. The first kappa shape index (κ1) is 12.9. The number of nitrogen functional groups attached to an aromatic ring is 1. The molecule has 0 bridgehead atoms. The summed E-state index contributed by atoms with van der Waals surface area (Å²) in [4.78, 5) is 24.7. The molecule has 1 aliphatic carbocycles. The molecule has 0 saturated heterocycles. The van der Waals surface area contributed by atoms with Crippen LogP contribution in [0.4, 0.5) is 5.00 Å². The Morgan fingerprint density at radius 1 is 1.25 bits per heavy atom. The van der Waals surface area contributed by atoms with E-state index in [9.17, 15) is 9.59 Å². The predicted molar refractivity (Wildman–Crippen MR) is 79.1 cm³/mol. The molecule has 4 nitrogen and oxygen atoms in total. The lowest BCUT2D eigenvalue weighted by molar-refractivity contribution is 0.0950. The molecular weight excluding hydrogens is 272 g/mol. The molecule has 1 aromatic heterocycles. The van der Waals surface area contributed by atoms with Gasteiger partial charge in [0.1, 0.15) is 0 Å². The molecule has 3 rings (SSSR count). The summed E-state index contributed by atoms with van der Waals surface area (Å²) in [5, 5.41) is 0.351. The number of thiophene rings is 1. The predicted octanol–water partition coefficient (Wildman–Crippen LogP) is 2.34. The zero-order valence-corrected chi connectivity index (χ0v) is 11.6. The van der Waals surface area contributed by atoms with Crippen LogP contribution < -0.4 is 11.5 Å². The molecule has 1 heterocycles. The number of hydrogen-bond donors (Lipinski definition) is 2. The van der Waals surface area contributed by atoms with Crippen LogP contribution in [0.5, 0.6) is 0 Å². The van der Waals surface area contributed by atoms with Crippen molar-refractivity contribution in [2.75, 3.05) is 5.73 Å². The second-order valence-electron chi connectivity index (χ2n) is 4.88. The van der Waals surface area contributed by atoms with Crippen LogP contribution >= 0.6 is 11.3 Å². The zero-order chi connectivity index (χ0) is 14.3. The number of Topliss-reactive ketones (excluding diaryl/α,β-unsaturated/α-hetero) is 1. The molecule has 0 saturated carbocycles. The molecule has 0 fully saturated rings. The third-order valence-corrected chi connectivity index (χ3v) is 4.78. The normalized spacial score (nSPS) is 17.8. The lowest BCUT2D eigenvalue weighted by Gasteiger charge is -2.21. The summed E-state index contributed by atoms with van der Waals surface area (Å²) < 4.78 is 0. The Morgan fingerprint density at radius 3 is 2.60 bits per heavy atom. The Bertz CT molecular complexity index is 691. The van der Waals surface area contributed by atoms with Gasteiger partial charge in [-0.1, -0.05) is 30.3 Å². The topological polar surface area (TPSA) is 86.2 Å². The smallest absolute Gasteiger partial charge is 0.251 e. The number of ketones is 1. The van der Waals surface area contributed by atoms with Gasteiger partial charge in [-0.2, -0.15) is 0 Å². The van der Waals surface area contributed by atoms with Gasteiger partial charge in [0, 0.05) is 5.92 Å². The highest BCUT2D eigenvalue weighted by molar-refractivity contribution is 7.18. The van der Waals surface area contributed by atoms with Crippen molar-refractivity contribution >= 4 is 28.0 Å². The number of benzene rings is 1. The summed E-state index contributed by atoms with van der Waals surface area (Å²) in [6.07, 6.45) is 1.35. The third-order valence-electron chi connectivity index (χ3n) is 3.71. The number of carbonyl (C=O) groups excluding carboxylic acids is 2. The second kappa shape index (κ2) is 4.76. The van der Waals surface area contributed by atoms with Crippen LogP contribution in [-0.4, -0.2) is 11.7 Å². The van der Waals surface area contributed by atoms with Crippen molar-refractivity contribution in [3.8, 4) is 0 Å². The average molecular weight is 286 g/mol. The number of hydrogen-bond acceptors (Lipinski definition) is 4. The van der Waals surface area contributed by atoms with Crippen molar-refractivity contribution < 1.29 is 9.59 Å². The van der Waals surface area contributed by atoms with E-state index in [1.165, 1.54) is 11.3 Å². The molecule has 1 aromatic carbocycles. The van der Waals surface area contributed by atoms with E-state index >= 15 is 0 Å². The molecule has 2 aromatic rings. The van der Waals surface area contributed by atoms with Gasteiger partial charge in [-0.25, -0.2) is 0 Å². The quantitative estimate of drug-likeness (QED) is 0.888. The molecule has 4 N–H and O–H groups in total. The van der Waals surface area contributed by atoms with Crippen LogP contribution in [0, 0.1) is 0 Å². The first-order valence-corrected chi connectivity index (χ1v) is 7.21. The number of nitrogens with two attached hydrogens (primary N) is 2. The van der Waals surface area contributed by atoms with Crippen molar-refractivity contribution in [1.82, 2.24) is 0 Å². The maximum atomic E-state index is 12.6. The molecule has 1 atom stereocenters. The highest BCUT2D eigenvalue weighted by Crippen LogP contribution is 2.40. The van der Waals surface area contributed by atoms with Gasteiger partial charge in [0.2, 0.25) is 0 Å². The molecule has 1 amide bonds. The van der Waals surface area contributed by atoms with Crippen molar-refractivity contribution in [3.05, 3.63) is 51.9 Å². The standard InChI is InChI=1S/C15H14N2O2S/c16-14(19)11-10-7-6-9(8-4-2-1-3-5-8)12(18)13(10)20-15(11)17/h1-5,9H,6-7,17H2,(H2,16,19)/t9-/m1/s1. The van der Waals surface area contributed by atoms with Gasteiger partial charge >= 0.3 is 0 Å². The van der Waals surface area contributed by atoms with Crippen molar-refractivity contribution in [1.29, 1.82) is 0 Å². The first-order chi connectivity index (χ1) is 9.59. The first-order valence-electron chi connectivity index (χ1n) is 6.39. The fourth-order valence-electron chi connectivity index (χ4n) is 2.77. The van der Waals surface area contributed by atoms with E-state index in [-0.39, 0.29) is 11.7 Å². The minimum atomic E-state index is -0.550. The Morgan fingerprint density at radius 2 is 1.95 bits per heavy atom. The zero-order valence-electron chi connectivity index (χ0n) is 10.8. The molecule has 0 spiro atoms. The Balaban J connectivity index is 2.04. The van der Waals surface area contributed by atoms with Crippen LogP contribution in [0.25, 0.3) is 0 Å². The Labute approximate surface area is 120 Å². The summed E-state index contributed by atoms with van der Waals surface area (Å²) in [5.41, 5.74) is 13.3. The molecule has 0 radical (unpaired) electrons. The van der Waals surface area contributed by atoms with Crippen LogP contribution in [0.2, 0.25) is 0 Å². The second-order valence-corrected chi connectivity index (χ2v) is 5.93. The lowest BCUT2D eigenvalue weighted by atomic mass is 9.82. The van der Waals surface area contributed by atoms with Crippen molar-refractivity contribution in [2.45, 2.75) is 18.8 Å². The number of rotatable bonds is 2. The fraction of sp³-hybridized carbons (Fsp3) is 0.200. The van der Waals surface area contributed by atoms with E-state index < -0.39 is 5.91 Å². The number of primary amides is 1. The van der Waals surface area contributed by atoms with Gasteiger partial charge in [-0.3, -0.25) is 9.59 Å². The number of anilines is 1. The molecule has 0 unspecified atom stereocenters. The molecule has 5 heteroatoms. The average Bonchev–Trinajstić information content (AvgIpc) is 2.77. The highest BCUT2D eigenvalue weighted by atomic mass is 32.1. The van der Waals surface area contributed by atoms with Crippen molar-refractivity contribution in [3.63, 3.8) is 0 Å². The van der Waals surface area contributed by atoms with E-state index in [1.54, 1.807) is 0 Å². The molecule has 102 valence electrons. The van der Waals surface area contributed by atoms with Crippen molar-refractivity contribution in [2.24, 2.45) is 5.73 Å². The van der Waals surface area contributed by atoms with E-state index in [0.29, 0.717) is 28.3 Å². The van der Waals surface area contributed by atoms with Crippen LogP contribution in [0.15, 0.2) is 30.3 Å². The monoisotopic (exact) mass is 286 g/mol. The van der Waals surface area contributed by atoms with Gasteiger partial charge < -0.3 is 11.5 Å². The van der Waals surface area contributed by atoms with Crippen LogP contribution in [0.1, 0.15) is 43.5 Å². The largest absolute Gasteiger partial charge is 0.390 e. The van der Waals surface area contributed by atoms with E-state index in [1.807, 2.05) is 30.3 Å². The van der Waals surface area contributed by atoms with Gasteiger partial charge in [0.05, 0.1) is 15.4 Å². The molecule has 20 heavy (non-hydrogen) atoms. The molecule has 0 aliphatic heterocycles. The highest BCUT2D eigenvalue weighted by Gasteiger charge is 2.34. The van der Waals surface area contributed by atoms with Gasteiger partial charge in [-0.15, -0.1) is 11.3 Å². The fourth-order valence-corrected chi connectivity index (χ4v) is 3.89. The summed E-state index contributed by atoms with van der Waals surface area (Å²) in [7, 11) is 0. The summed E-state index contributed by atoms with van der Waals surface area (Å²) in [6, 6.07) is 9.70. The minimum absolute atomic E-state index is 0.0432. The maximum absolute atomic E-state index is 12.6.